The van der Waals surface area contributed by atoms with E-state index in [1.807, 2.05) is 33.4 Å². The molecular formula is C12H22N4O. The molecule has 1 unspecified atom stereocenters. The van der Waals surface area contributed by atoms with E-state index in [4.69, 9.17) is 0 Å². The Balaban J connectivity index is 2.13. The summed E-state index contributed by atoms with van der Waals surface area (Å²) >= 11 is 0. The highest BCUT2D eigenvalue weighted by atomic mass is 16.1. The standard InChI is InChI=1S/C12H22N4O/c1-10(7-13-2)12(17)14-6-4-5-11-8-15-16(3)9-11/h8-10,13H,4-7H2,1-3H3,(H,14,17). The molecule has 1 atom stereocenters. The van der Waals surface area contributed by atoms with Gasteiger partial charge in [0.2, 0.25) is 5.91 Å². The van der Waals surface area contributed by atoms with Gasteiger partial charge in [0.1, 0.15) is 0 Å². The SMILES string of the molecule is CNCC(C)C(=O)NCCCc1cnn(C)c1. The molecule has 0 spiro atoms. The first kappa shape index (κ1) is 13.7. The maximum absolute atomic E-state index is 11.6. The predicted octanol–water partition coefficient (Wildman–Crippen LogP) is 0.324. The Morgan fingerprint density at radius 2 is 2.35 bits per heavy atom. The molecule has 1 aromatic heterocycles. The first-order valence-corrected chi connectivity index (χ1v) is 6.03. The molecule has 1 aromatic rings. The molecule has 17 heavy (non-hydrogen) atoms. The highest BCUT2D eigenvalue weighted by Crippen LogP contribution is 2.00. The van der Waals surface area contributed by atoms with Crippen LogP contribution in [0, 0.1) is 5.92 Å². The van der Waals surface area contributed by atoms with Crippen molar-refractivity contribution >= 4 is 5.91 Å². The van der Waals surface area contributed by atoms with Gasteiger partial charge in [0.15, 0.2) is 0 Å². The van der Waals surface area contributed by atoms with E-state index in [0.717, 1.165) is 19.4 Å². The van der Waals surface area contributed by atoms with E-state index in [0.29, 0.717) is 6.54 Å². The molecule has 0 aromatic carbocycles. The van der Waals surface area contributed by atoms with Crippen molar-refractivity contribution in [3.8, 4) is 0 Å². The zero-order chi connectivity index (χ0) is 12.7. The highest BCUT2D eigenvalue weighted by Gasteiger charge is 2.10. The van der Waals surface area contributed by atoms with E-state index in [9.17, 15) is 4.79 Å². The lowest BCUT2D eigenvalue weighted by Crippen LogP contribution is -2.34. The molecule has 1 heterocycles. The summed E-state index contributed by atoms with van der Waals surface area (Å²) in [4.78, 5) is 11.6. The van der Waals surface area contributed by atoms with Crippen LogP contribution in [-0.2, 0) is 18.3 Å². The number of aromatic nitrogens is 2. The molecule has 0 aliphatic heterocycles. The van der Waals surface area contributed by atoms with Crippen molar-refractivity contribution in [1.29, 1.82) is 0 Å². The predicted molar refractivity (Wildman–Crippen MR) is 67.6 cm³/mol. The molecule has 0 aliphatic rings. The summed E-state index contributed by atoms with van der Waals surface area (Å²) in [5, 5.41) is 10.0. The average Bonchev–Trinajstić information content (AvgIpc) is 2.70. The van der Waals surface area contributed by atoms with E-state index >= 15 is 0 Å². The summed E-state index contributed by atoms with van der Waals surface area (Å²) in [7, 11) is 3.76. The van der Waals surface area contributed by atoms with E-state index in [-0.39, 0.29) is 11.8 Å². The van der Waals surface area contributed by atoms with Crippen LogP contribution >= 0.6 is 0 Å². The van der Waals surface area contributed by atoms with Gasteiger partial charge in [-0.25, -0.2) is 0 Å². The van der Waals surface area contributed by atoms with Gasteiger partial charge in [-0.15, -0.1) is 0 Å². The van der Waals surface area contributed by atoms with Crippen molar-refractivity contribution in [2.24, 2.45) is 13.0 Å². The van der Waals surface area contributed by atoms with Gasteiger partial charge in [-0.3, -0.25) is 9.48 Å². The maximum atomic E-state index is 11.6. The molecular weight excluding hydrogens is 216 g/mol. The van der Waals surface area contributed by atoms with Crippen LogP contribution < -0.4 is 10.6 Å². The van der Waals surface area contributed by atoms with Crippen molar-refractivity contribution in [2.45, 2.75) is 19.8 Å². The zero-order valence-electron chi connectivity index (χ0n) is 10.9. The van der Waals surface area contributed by atoms with Crippen LogP contribution in [0.1, 0.15) is 18.9 Å². The van der Waals surface area contributed by atoms with Crippen LogP contribution in [0.4, 0.5) is 0 Å². The number of aryl methyl sites for hydroxylation is 2. The van der Waals surface area contributed by atoms with Crippen LogP contribution in [0.25, 0.3) is 0 Å². The van der Waals surface area contributed by atoms with Crippen LogP contribution in [0.5, 0.6) is 0 Å². The van der Waals surface area contributed by atoms with Gasteiger partial charge in [-0.1, -0.05) is 6.92 Å². The summed E-state index contributed by atoms with van der Waals surface area (Å²) in [5.74, 6) is 0.143. The molecule has 1 rings (SSSR count). The molecule has 96 valence electrons. The Morgan fingerprint density at radius 3 is 2.94 bits per heavy atom. The van der Waals surface area contributed by atoms with Crippen molar-refractivity contribution in [3.63, 3.8) is 0 Å². The van der Waals surface area contributed by atoms with E-state index < -0.39 is 0 Å². The third-order valence-electron chi connectivity index (χ3n) is 2.66. The largest absolute Gasteiger partial charge is 0.356 e. The topological polar surface area (TPSA) is 59.0 Å². The van der Waals surface area contributed by atoms with Crippen LogP contribution in [-0.4, -0.2) is 35.8 Å². The molecule has 0 aliphatic carbocycles. The van der Waals surface area contributed by atoms with Gasteiger partial charge in [0, 0.05) is 32.3 Å². The van der Waals surface area contributed by atoms with E-state index in [2.05, 4.69) is 15.7 Å². The quantitative estimate of drug-likeness (QED) is 0.673. The molecule has 0 saturated heterocycles. The van der Waals surface area contributed by atoms with E-state index in [1.54, 1.807) is 4.68 Å². The number of hydrogen-bond acceptors (Lipinski definition) is 3. The molecule has 0 fully saturated rings. The third kappa shape index (κ3) is 4.99. The number of nitrogens with one attached hydrogen (secondary N) is 2. The smallest absolute Gasteiger partial charge is 0.224 e. The molecule has 5 nitrogen and oxygen atoms in total. The summed E-state index contributed by atoms with van der Waals surface area (Å²) in [6, 6.07) is 0. The Hall–Kier alpha value is -1.36. The normalized spacial score (nSPS) is 12.4. The van der Waals surface area contributed by atoms with Crippen molar-refractivity contribution in [1.82, 2.24) is 20.4 Å². The monoisotopic (exact) mass is 238 g/mol. The minimum absolute atomic E-state index is 0.0263. The fraction of sp³-hybridized carbons (Fsp3) is 0.667. The van der Waals surface area contributed by atoms with Gasteiger partial charge in [-0.05, 0) is 25.5 Å². The first-order chi connectivity index (χ1) is 8.13. The Kier molecular flexibility index (Phi) is 5.69. The molecule has 0 bridgehead atoms. The van der Waals surface area contributed by atoms with E-state index in [1.165, 1.54) is 5.56 Å². The molecule has 2 N–H and O–H groups in total. The first-order valence-electron chi connectivity index (χ1n) is 6.03. The Bertz CT molecular complexity index is 348. The number of nitrogens with zero attached hydrogens (tertiary/aromatic N) is 2. The second-order valence-corrected chi connectivity index (χ2v) is 4.38. The van der Waals surface area contributed by atoms with Gasteiger partial charge in [0.05, 0.1) is 6.20 Å². The van der Waals surface area contributed by atoms with Gasteiger partial charge < -0.3 is 10.6 Å². The fourth-order valence-electron chi connectivity index (χ4n) is 1.68. The van der Waals surface area contributed by atoms with Gasteiger partial charge >= 0.3 is 0 Å². The lowest BCUT2D eigenvalue weighted by Gasteiger charge is -2.11. The number of hydrogen-bond donors (Lipinski definition) is 2. The van der Waals surface area contributed by atoms with Crippen LogP contribution in [0.2, 0.25) is 0 Å². The highest BCUT2D eigenvalue weighted by molar-refractivity contribution is 5.78. The zero-order valence-corrected chi connectivity index (χ0v) is 10.9. The average molecular weight is 238 g/mol. The van der Waals surface area contributed by atoms with Gasteiger partial charge in [0.25, 0.3) is 0 Å². The molecule has 5 heteroatoms. The number of rotatable bonds is 7. The van der Waals surface area contributed by atoms with Gasteiger partial charge in [-0.2, -0.15) is 5.10 Å². The number of amides is 1. The maximum Gasteiger partial charge on any atom is 0.224 e. The minimum atomic E-state index is 0.0263. The Morgan fingerprint density at radius 1 is 1.59 bits per heavy atom. The molecule has 0 radical (unpaired) electrons. The second kappa shape index (κ2) is 7.06. The molecule has 0 saturated carbocycles. The lowest BCUT2D eigenvalue weighted by molar-refractivity contribution is -0.124. The summed E-state index contributed by atoms with van der Waals surface area (Å²) in [6.45, 7) is 3.36. The summed E-state index contributed by atoms with van der Waals surface area (Å²) < 4.78 is 1.79. The minimum Gasteiger partial charge on any atom is -0.356 e. The Labute approximate surface area is 103 Å². The summed E-state index contributed by atoms with van der Waals surface area (Å²) in [5.41, 5.74) is 1.21. The number of carbonyl (C=O) groups is 1. The lowest BCUT2D eigenvalue weighted by atomic mass is 10.1. The van der Waals surface area contributed by atoms with Crippen molar-refractivity contribution < 1.29 is 4.79 Å². The number of carbonyl (C=O) groups excluding carboxylic acids is 1. The van der Waals surface area contributed by atoms with Crippen molar-refractivity contribution in [3.05, 3.63) is 18.0 Å². The van der Waals surface area contributed by atoms with Crippen LogP contribution in [0.15, 0.2) is 12.4 Å². The van der Waals surface area contributed by atoms with Crippen LogP contribution in [0.3, 0.4) is 0 Å². The third-order valence-corrected chi connectivity index (χ3v) is 2.66. The second-order valence-electron chi connectivity index (χ2n) is 4.38. The molecule has 1 amide bonds. The van der Waals surface area contributed by atoms with Crippen molar-refractivity contribution in [2.75, 3.05) is 20.1 Å². The fourth-order valence-corrected chi connectivity index (χ4v) is 1.68. The summed E-state index contributed by atoms with van der Waals surface area (Å²) in [6.07, 6.45) is 5.77.